The summed E-state index contributed by atoms with van der Waals surface area (Å²) in [5, 5.41) is 13.7. The number of fused-ring (bicyclic) bond motifs is 1. The number of phenolic OH excluding ortho intramolecular Hbond substituents is 1. The first-order chi connectivity index (χ1) is 10.2. The molecule has 1 aromatic rings. The molecule has 4 aliphatic heterocycles. The molecule has 0 aliphatic carbocycles. The maximum atomic E-state index is 9.47. The predicted octanol–water partition coefficient (Wildman–Crippen LogP) is 0.497. The van der Waals surface area contributed by atoms with Gasteiger partial charge in [-0.05, 0) is 24.1 Å². The van der Waals surface area contributed by atoms with Crippen molar-refractivity contribution in [3.05, 3.63) is 29.8 Å². The monoisotopic (exact) mass is 286 g/mol. The average molecular weight is 286 g/mol. The molecule has 4 bridgehead atoms. The van der Waals surface area contributed by atoms with E-state index in [9.17, 15) is 5.11 Å². The number of hydrogen-bond donors (Lipinski definition) is 2. The van der Waals surface area contributed by atoms with Crippen molar-refractivity contribution in [2.24, 2.45) is 22.3 Å². The van der Waals surface area contributed by atoms with E-state index in [1.165, 1.54) is 11.3 Å². The molecule has 5 rings (SSSR count). The Balaban J connectivity index is 1.71. The third kappa shape index (κ3) is 2.12. The Labute approximate surface area is 125 Å². The van der Waals surface area contributed by atoms with Gasteiger partial charge in [-0.15, -0.1) is 0 Å². The van der Waals surface area contributed by atoms with Crippen LogP contribution in [0.1, 0.15) is 5.56 Å². The van der Waals surface area contributed by atoms with Crippen LogP contribution in [-0.4, -0.2) is 59.9 Å². The second-order valence-corrected chi connectivity index (χ2v) is 6.81. The maximum absolute atomic E-state index is 9.47. The van der Waals surface area contributed by atoms with Crippen molar-refractivity contribution < 1.29 is 5.11 Å². The SMILES string of the molecule is N/N=C1\C2CN3CCN(C2)CC1(Cc1ccc(O)cc1)C3. The molecule has 0 amide bonds. The van der Waals surface area contributed by atoms with Crippen LogP contribution in [0.2, 0.25) is 0 Å². The number of nitrogens with zero attached hydrogens (tertiary/aromatic N) is 3. The van der Waals surface area contributed by atoms with Crippen molar-refractivity contribution in [1.29, 1.82) is 0 Å². The van der Waals surface area contributed by atoms with Crippen molar-refractivity contribution in [2.75, 3.05) is 39.3 Å². The van der Waals surface area contributed by atoms with E-state index >= 15 is 0 Å². The van der Waals surface area contributed by atoms with E-state index in [-0.39, 0.29) is 5.41 Å². The third-order valence-corrected chi connectivity index (χ3v) is 5.29. The van der Waals surface area contributed by atoms with Crippen LogP contribution in [-0.2, 0) is 6.42 Å². The summed E-state index contributed by atoms with van der Waals surface area (Å²) in [4.78, 5) is 5.15. The largest absolute Gasteiger partial charge is 0.508 e. The lowest BCUT2D eigenvalue weighted by Crippen LogP contribution is -2.62. The van der Waals surface area contributed by atoms with E-state index < -0.39 is 0 Å². The van der Waals surface area contributed by atoms with Crippen molar-refractivity contribution in [3.63, 3.8) is 0 Å². The van der Waals surface area contributed by atoms with Gasteiger partial charge in [0.1, 0.15) is 5.75 Å². The molecule has 21 heavy (non-hydrogen) atoms. The van der Waals surface area contributed by atoms with Gasteiger partial charge in [0.05, 0.1) is 5.71 Å². The van der Waals surface area contributed by atoms with Crippen LogP contribution >= 0.6 is 0 Å². The van der Waals surface area contributed by atoms with Crippen LogP contribution < -0.4 is 5.84 Å². The molecule has 1 aromatic carbocycles. The molecule has 112 valence electrons. The smallest absolute Gasteiger partial charge is 0.115 e. The highest BCUT2D eigenvalue weighted by Crippen LogP contribution is 2.40. The molecular formula is C16H22N4O. The number of benzene rings is 1. The third-order valence-electron chi connectivity index (χ3n) is 5.29. The van der Waals surface area contributed by atoms with Crippen molar-refractivity contribution in [1.82, 2.24) is 9.80 Å². The minimum Gasteiger partial charge on any atom is -0.508 e. The van der Waals surface area contributed by atoms with Crippen LogP contribution in [0.4, 0.5) is 0 Å². The van der Waals surface area contributed by atoms with Gasteiger partial charge in [-0.1, -0.05) is 12.1 Å². The van der Waals surface area contributed by atoms with E-state index in [0.717, 1.165) is 45.7 Å². The van der Waals surface area contributed by atoms with E-state index in [0.29, 0.717) is 11.7 Å². The Bertz CT molecular complexity index is 552. The van der Waals surface area contributed by atoms with E-state index in [4.69, 9.17) is 5.84 Å². The summed E-state index contributed by atoms with van der Waals surface area (Å²) in [5.74, 6) is 6.58. The van der Waals surface area contributed by atoms with E-state index in [1.54, 1.807) is 12.1 Å². The maximum Gasteiger partial charge on any atom is 0.115 e. The minimum absolute atomic E-state index is 0.0450. The van der Waals surface area contributed by atoms with Crippen LogP contribution in [0.25, 0.3) is 0 Å². The Kier molecular flexibility index (Phi) is 2.94. The quantitative estimate of drug-likeness (QED) is 0.614. The van der Waals surface area contributed by atoms with Gasteiger partial charge in [-0.3, -0.25) is 0 Å². The molecular weight excluding hydrogens is 264 g/mol. The van der Waals surface area contributed by atoms with Gasteiger partial charge in [0, 0.05) is 50.6 Å². The van der Waals surface area contributed by atoms with E-state index in [1.807, 2.05) is 12.1 Å². The second-order valence-electron chi connectivity index (χ2n) is 6.81. The highest BCUT2D eigenvalue weighted by Gasteiger charge is 2.51. The van der Waals surface area contributed by atoms with Crippen LogP contribution in [0.5, 0.6) is 5.75 Å². The molecule has 4 saturated heterocycles. The van der Waals surface area contributed by atoms with Gasteiger partial charge in [-0.2, -0.15) is 5.10 Å². The highest BCUT2D eigenvalue weighted by atomic mass is 16.3. The Hall–Kier alpha value is -1.59. The summed E-state index contributed by atoms with van der Waals surface area (Å²) in [6.07, 6.45) is 0.951. The number of aromatic hydroxyl groups is 1. The summed E-state index contributed by atoms with van der Waals surface area (Å²) in [5.41, 5.74) is 2.51. The molecule has 0 radical (unpaired) electrons. The zero-order valence-corrected chi connectivity index (χ0v) is 12.2. The van der Waals surface area contributed by atoms with E-state index in [2.05, 4.69) is 14.9 Å². The number of hydrazone groups is 1. The summed E-state index contributed by atoms with van der Waals surface area (Å²) in [6.45, 7) is 6.62. The zero-order chi connectivity index (χ0) is 14.4. The van der Waals surface area contributed by atoms with Crippen LogP contribution in [0, 0.1) is 11.3 Å². The first-order valence-electron chi connectivity index (χ1n) is 7.69. The number of hydrogen-bond acceptors (Lipinski definition) is 5. The first-order valence-corrected chi connectivity index (χ1v) is 7.69. The summed E-state index contributed by atoms with van der Waals surface area (Å²) < 4.78 is 0. The zero-order valence-electron chi connectivity index (χ0n) is 12.2. The normalized spacial score (nSPS) is 39.6. The topological polar surface area (TPSA) is 65.1 Å². The van der Waals surface area contributed by atoms with Crippen LogP contribution in [0.15, 0.2) is 29.4 Å². The predicted molar refractivity (Wildman–Crippen MR) is 82.2 cm³/mol. The average Bonchev–Trinajstić information content (AvgIpc) is 2.69. The molecule has 0 spiro atoms. The molecule has 2 unspecified atom stereocenters. The number of piperidine rings is 2. The molecule has 3 N–H and O–H groups in total. The summed E-state index contributed by atoms with van der Waals surface area (Å²) >= 11 is 0. The molecule has 0 aromatic heterocycles. The Morgan fingerprint density at radius 1 is 1.14 bits per heavy atom. The molecule has 5 heteroatoms. The van der Waals surface area contributed by atoms with Gasteiger partial charge in [0.15, 0.2) is 0 Å². The molecule has 4 aliphatic rings. The van der Waals surface area contributed by atoms with Crippen molar-refractivity contribution >= 4 is 5.71 Å². The fourth-order valence-corrected chi connectivity index (χ4v) is 4.56. The molecule has 2 atom stereocenters. The molecule has 4 heterocycles. The Morgan fingerprint density at radius 2 is 1.76 bits per heavy atom. The van der Waals surface area contributed by atoms with Crippen LogP contribution in [0.3, 0.4) is 0 Å². The summed E-state index contributed by atoms with van der Waals surface area (Å²) in [6, 6.07) is 7.57. The summed E-state index contributed by atoms with van der Waals surface area (Å²) in [7, 11) is 0. The number of phenols is 1. The lowest BCUT2D eigenvalue weighted by molar-refractivity contribution is 0.117. The van der Waals surface area contributed by atoms with Gasteiger partial charge >= 0.3 is 0 Å². The second kappa shape index (κ2) is 4.71. The molecule has 4 fully saturated rings. The fraction of sp³-hybridized carbons (Fsp3) is 0.562. The molecule has 0 saturated carbocycles. The fourth-order valence-electron chi connectivity index (χ4n) is 4.56. The number of nitrogens with two attached hydrogens (primary N) is 1. The van der Waals surface area contributed by atoms with Gasteiger partial charge in [-0.25, -0.2) is 0 Å². The van der Waals surface area contributed by atoms with Gasteiger partial charge in [0.2, 0.25) is 0 Å². The van der Waals surface area contributed by atoms with Crippen molar-refractivity contribution in [3.8, 4) is 5.75 Å². The lowest BCUT2D eigenvalue weighted by atomic mass is 9.67. The molecule has 5 nitrogen and oxygen atoms in total. The standard InChI is InChI=1S/C16H22N4O/c17-18-15-13-8-19-5-6-20(9-13)11-16(15,10-19)7-12-1-3-14(21)4-2-12/h1-4,13,21H,5-11,17H2/b18-15+. The van der Waals surface area contributed by atoms with Gasteiger partial charge < -0.3 is 20.7 Å². The highest BCUT2D eigenvalue weighted by molar-refractivity contribution is 5.94. The minimum atomic E-state index is 0.0450. The number of rotatable bonds is 2. The van der Waals surface area contributed by atoms with Gasteiger partial charge in [0.25, 0.3) is 0 Å². The van der Waals surface area contributed by atoms with Crippen molar-refractivity contribution in [2.45, 2.75) is 6.42 Å². The first kappa shape index (κ1) is 13.1. The lowest BCUT2D eigenvalue weighted by Gasteiger charge is -2.50. The Morgan fingerprint density at radius 3 is 2.33 bits per heavy atom.